The van der Waals surface area contributed by atoms with Gasteiger partial charge in [-0.15, -0.1) is 11.3 Å². The number of aromatic nitrogens is 2. The van der Waals surface area contributed by atoms with E-state index >= 15 is 4.39 Å². The number of nitrogens with two attached hydrogens (primary N) is 1. The molecule has 0 spiro atoms. The maximum Gasteiger partial charge on any atom is 0.403 e. The number of aryl methyl sites for hydroxylation is 1. The van der Waals surface area contributed by atoms with Crippen molar-refractivity contribution in [2.24, 2.45) is 17.6 Å². The number of alkyl halides is 3. The minimum Gasteiger partial charge on any atom is -0.374 e. The summed E-state index contributed by atoms with van der Waals surface area (Å²) in [5.74, 6) is -1.36. The number of hydrogen-bond donors (Lipinski definition) is 3. The van der Waals surface area contributed by atoms with Gasteiger partial charge in [0.25, 0.3) is 5.56 Å². The summed E-state index contributed by atoms with van der Waals surface area (Å²) in [6.07, 6.45) is -3.06. The normalized spacial score (nSPS) is 28.0. The number of thiophene rings is 1. The summed E-state index contributed by atoms with van der Waals surface area (Å²) in [5.41, 5.74) is 4.02. The highest BCUT2D eigenvalue weighted by Gasteiger charge is 2.60. The molecule has 4 unspecified atom stereocenters. The van der Waals surface area contributed by atoms with Gasteiger partial charge in [-0.1, -0.05) is 0 Å². The first-order chi connectivity index (χ1) is 16.0. The molecule has 34 heavy (non-hydrogen) atoms. The lowest BCUT2D eigenvalue weighted by molar-refractivity contribution is -0.159. The molecular weight excluding hydrogens is 474 g/mol. The van der Waals surface area contributed by atoms with E-state index in [4.69, 9.17) is 10.5 Å². The van der Waals surface area contributed by atoms with Gasteiger partial charge >= 0.3 is 11.9 Å². The Balaban J connectivity index is 1.66. The van der Waals surface area contributed by atoms with E-state index in [1.165, 1.54) is 25.4 Å². The highest BCUT2D eigenvalue weighted by Crippen LogP contribution is 2.64. The Morgan fingerprint density at radius 3 is 2.56 bits per heavy atom. The van der Waals surface area contributed by atoms with Gasteiger partial charge in [-0.25, -0.2) is 9.18 Å². The average molecular weight is 500 g/mol. The monoisotopic (exact) mass is 499 g/mol. The number of nitrogens with one attached hydrogen (secondary N) is 2. The fourth-order valence-electron chi connectivity index (χ4n) is 5.84. The molecule has 0 amide bonds. The molecule has 0 aromatic carbocycles. The number of allylic oxidation sites excluding steroid dienone is 1. The van der Waals surface area contributed by atoms with Gasteiger partial charge in [0.1, 0.15) is 18.0 Å². The molecule has 3 aliphatic carbocycles. The van der Waals surface area contributed by atoms with Crippen LogP contribution in [0.3, 0.4) is 0 Å². The Kier molecular flexibility index (Phi) is 5.45. The van der Waals surface area contributed by atoms with Crippen molar-refractivity contribution in [2.45, 2.75) is 62.8 Å². The van der Waals surface area contributed by atoms with Gasteiger partial charge in [0.05, 0.1) is 16.7 Å². The maximum absolute atomic E-state index is 16.4. The molecule has 4 atom stereocenters. The molecule has 3 aliphatic rings. The molecule has 1 fully saturated rings. The summed E-state index contributed by atoms with van der Waals surface area (Å²) < 4.78 is 61.9. The number of fused-ring (bicyclic) bond motifs is 2. The lowest BCUT2D eigenvalue weighted by atomic mass is 9.67. The fourth-order valence-corrected chi connectivity index (χ4v) is 7.33. The Bertz CT molecular complexity index is 1290. The Morgan fingerprint density at radius 1 is 1.24 bits per heavy atom. The Labute approximate surface area is 196 Å². The standard InChI is InChI=1S/C23H25F4N3O3S/c1-9-15-16(29-21(32)30-20(15)31)19(33-2)22(17(9)24,12-4-5-12)14-8-11-7-10(3-6-13(11)34-14)18(28)23(25,26)27/h8,10,12,18-19H,3-7,28H2,1-2H3,(H2,29,30,31,32). The molecule has 184 valence electrons. The minimum atomic E-state index is -4.48. The SMILES string of the molecule is COC1c2[nH]c(=O)[nH]c(=O)c2C(C)=C(F)C1(c1cc2c(s1)CCC(C(N)C(F)(F)F)C2)C1CC1. The molecule has 11 heteroatoms. The van der Waals surface area contributed by atoms with Crippen molar-refractivity contribution in [3.8, 4) is 0 Å². The van der Waals surface area contributed by atoms with Gasteiger partial charge in [0.2, 0.25) is 0 Å². The smallest absolute Gasteiger partial charge is 0.374 e. The minimum absolute atomic E-state index is 0.0535. The van der Waals surface area contributed by atoms with E-state index in [0.29, 0.717) is 17.7 Å². The molecule has 2 heterocycles. The molecule has 0 radical (unpaired) electrons. The number of H-pyrrole nitrogens is 2. The van der Waals surface area contributed by atoms with Crippen molar-refractivity contribution in [1.82, 2.24) is 9.97 Å². The molecule has 0 bridgehead atoms. The fraction of sp³-hybridized carbons (Fsp3) is 0.565. The second-order valence-electron chi connectivity index (χ2n) is 9.52. The van der Waals surface area contributed by atoms with Crippen LogP contribution in [-0.2, 0) is 23.0 Å². The van der Waals surface area contributed by atoms with Crippen LogP contribution in [0.2, 0.25) is 0 Å². The Hall–Kier alpha value is -2.24. The van der Waals surface area contributed by atoms with Crippen LogP contribution in [0.15, 0.2) is 21.5 Å². The van der Waals surface area contributed by atoms with E-state index in [-0.39, 0.29) is 29.2 Å². The molecule has 1 saturated carbocycles. The van der Waals surface area contributed by atoms with Gasteiger partial charge in [0, 0.05) is 16.9 Å². The lowest BCUT2D eigenvalue weighted by Crippen LogP contribution is -2.45. The predicted molar refractivity (Wildman–Crippen MR) is 119 cm³/mol. The summed E-state index contributed by atoms with van der Waals surface area (Å²) in [4.78, 5) is 31.0. The van der Waals surface area contributed by atoms with Crippen molar-refractivity contribution in [3.05, 3.63) is 59.3 Å². The number of methoxy groups -OCH3 is 1. The molecule has 2 aromatic heterocycles. The highest BCUT2D eigenvalue weighted by molar-refractivity contribution is 7.12. The number of ether oxygens (including phenoxy) is 1. The molecule has 4 N–H and O–H groups in total. The zero-order valence-corrected chi connectivity index (χ0v) is 19.5. The third kappa shape index (κ3) is 3.35. The van der Waals surface area contributed by atoms with E-state index in [9.17, 15) is 22.8 Å². The van der Waals surface area contributed by atoms with E-state index in [1.807, 2.05) is 0 Å². The number of aromatic amines is 2. The van der Waals surface area contributed by atoms with Gasteiger partial charge < -0.3 is 15.5 Å². The van der Waals surface area contributed by atoms with E-state index < -0.39 is 46.7 Å². The second-order valence-corrected chi connectivity index (χ2v) is 10.7. The zero-order valence-electron chi connectivity index (χ0n) is 18.6. The lowest BCUT2D eigenvalue weighted by Gasteiger charge is -2.42. The average Bonchev–Trinajstić information content (AvgIpc) is 3.52. The van der Waals surface area contributed by atoms with Crippen LogP contribution in [0.5, 0.6) is 0 Å². The first kappa shape index (κ1) is 23.5. The first-order valence-electron chi connectivity index (χ1n) is 11.2. The van der Waals surface area contributed by atoms with Crippen LogP contribution in [-0.4, -0.2) is 29.3 Å². The van der Waals surface area contributed by atoms with Crippen molar-refractivity contribution in [1.29, 1.82) is 0 Å². The topological polar surface area (TPSA) is 101 Å². The molecule has 0 aliphatic heterocycles. The highest BCUT2D eigenvalue weighted by atomic mass is 32.1. The second kappa shape index (κ2) is 7.89. The van der Waals surface area contributed by atoms with Crippen molar-refractivity contribution < 1.29 is 22.3 Å². The van der Waals surface area contributed by atoms with Crippen LogP contribution in [0.25, 0.3) is 5.57 Å². The number of halogens is 4. The molecular formula is C23H25F4N3O3S. The predicted octanol–water partition coefficient (Wildman–Crippen LogP) is 3.87. The maximum atomic E-state index is 16.4. The van der Waals surface area contributed by atoms with E-state index in [2.05, 4.69) is 9.97 Å². The molecule has 0 saturated heterocycles. The third-order valence-corrected chi connectivity index (χ3v) is 8.97. The van der Waals surface area contributed by atoms with Crippen LogP contribution < -0.4 is 17.0 Å². The zero-order chi connectivity index (χ0) is 24.6. The van der Waals surface area contributed by atoms with Gasteiger partial charge in [-0.2, -0.15) is 13.2 Å². The summed E-state index contributed by atoms with van der Waals surface area (Å²) in [6, 6.07) is -0.117. The number of rotatable bonds is 4. The van der Waals surface area contributed by atoms with Crippen molar-refractivity contribution >= 4 is 16.9 Å². The largest absolute Gasteiger partial charge is 0.403 e. The van der Waals surface area contributed by atoms with Crippen molar-refractivity contribution in [3.63, 3.8) is 0 Å². The molecule has 6 nitrogen and oxygen atoms in total. The summed E-state index contributed by atoms with van der Waals surface area (Å²) >= 11 is 1.38. The summed E-state index contributed by atoms with van der Waals surface area (Å²) in [7, 11) is 1.41. The molecule has 5 rings (SSSR count). The van der Waals surface area contributed by atoms with Gasteiger partial charge in [-0.3, -0.25) is 9.78 Å². The van der Waals surface area contributed by atoms with Crippen LogP contribution in [0, 0.1) is 11.8 Å². The van der Waals surface area contributed by atoms with Crippen molar-refractivity contribution in [2.75, 3.05) is 7.11 Å². The van der Waals surface area contributed by atoms with Crippen LogP contribution in [0.4, 0.5) is 17.6 Å². The summed E-state index contributed by atoms with van der Waals surface area (Å²) in [6.45, 7) is 1.51. The van der Waals surface area contributed by atoms with E-state index in [0.717, 1.165) is 23.3 Å². The Morgan fingerprint density at radius 2 is 1.94 bits per heavy atom. The van der Waals surface area contributed by atoms with Gasteiger partial charge in [-0.05, 0) is 68.1 Å². The van der Waals surface area contributed by atoms with Crippen LogP contribution >= 0.6 is 11.3 Å². The summed E-state index contributed by atoms with van der Waals surface area (Å²) in [5, 5.41) is 0. The van der Waals surface area contributed by atoms with Crippen LogP contribution in [0.1, 0.15) is 58.9 Å². The van der Waals surface area contributed by atoms with Gasteiger partial charge in [0.15, 0.2) is 0 Å². The molecule has 2 aromatic rings. The first-order valence-corrected chi connectivity index (χ1v) is 12.0. The third-order valence-electron chi connectivity index (χ3n) is 7.59. The quantitative estimate of drug-likeness (QED) is 0.556. The van der Waals surface area contributed by atoms with E-state index in [1.54, 1.807) is 6.07 Å². The number of hydrogen-bond acceptors (Lipinski definition) is 5.